The lowest BCUT2D eigenvalue weighted by Gasteiger charge is -2.15. The summed E-state index contributed by atoms with van der Waals surface area (Å²) in [6.07, 6.45) is 5.71. The van der Waals surface area contributed by atoms with E-state index in [1.165, 1.54) is 6.42 Å². The molecule has 1 fully saturated rings. The Hall–Kier alpha value is -1.37. The number of aromatic nitrogens is 2. The second-order valence-corrected chi connectivity index (χ2v) is 7.86. The number of nitrogens with zero attached hydrogens (tertiary/aromatic N) is 2. The van der Waals surface area contributed by atoms with Gasteiger partial charge in [0.25, 0.3) is 0 Å². The molecule has 3 rings (SSSR count). The molecule has 1 aromatic carbocycles. The van der Waals surface area contributed by atoms with Gasteiger partial charge in [-0.05, 0) is 53.2 Å². The molecule has 1 saturated carbocycles. The van der Waals surface area contributed by atoms with E-state index in [9.17, 15) is 4.79 Å². The zero-order valence-corrected chi connectivity index (χ0v) is 16.6. The minimum atomic E-state index is 0.374. The molecule has 25 heavy (non-hydrogen) atoms. The number of halogens is 3. The molecule has 1 aromatic heterocycles. The van der Waals surface area contributed by atoms with Crippen LogP contribution in [0.4, 0.5) is 17.5 Å². The van der Waals surface area contributed by atoms with Gasteiger partial charge in [-0.3, -0.25) is 4.79 Å². The number of hydrogen-bond acceptors (Lipinski definition) is 5. The number of nitrogens with one attached hydrogen (secondary N) is 2. The van der Waals surface area contributed by atoms with Crippen LogP contribution in [-0.4, -0.2) is 22.3 Å². The van der Waals surface area contributed by atoms with Crippen molar-refractivity contribution in [1.82, 2.24) is 9.97 Å². The van der Waals surface area contributed by atoms with E-state index in [0.29, 0.717) is 49.5 Å². The maximum absolute atomic E-state index is 11.1. The lowest BCUT2D eigenvalue weighted by Crippen LogP contribution is -2.17. The van der Waals surface area contributed by atoms with Gasteiger partial charge in [-0.25, -0.2) is 4.98 Å². The van der Waals surface area contributed by atoms with E-state index >= 15 is 0 Å². The van der Waals surface area contributed by atoms with Crippen LogP contribution in [0.25, 0.3) is 0 Å². The van der Waals surface area contributed by atoms with Gasteiger partial charge < -0.3 is 10.6 Å². The molecule has 0 amide bonds. The van der Waals surface area contributed by atoms with Crippen molar-refractivity contribution in [2.75, 3.05) is 10.6 Å². The van der Waals surface area contributed by atoms with Crippen LogP contribution < -0.4 is 10.6 Å². The van der Waals surface area contributed by atoms with Gasteiger partial charge in [0.15, 0.2) is 12.1 Å². The monoisotopic (exact) mass is 442 g/mol. The summed E-state index contributed by atoms with van der Waals surface area (Å²) >= 11 is 15.6. The Morgan fingerprint density at radius 2 is 2.08 bits per heavy atom. The van der Waals surface area contributed by atoms with E-state index in [4.69, 9.17) is 23.2 Å². The number of rotatable bonds is 5. The van der Waals surface area contributed by atoms with Gasteiger partial charge in [0.1, 0.15) is 5.02 Å². The maximum atomic E-state index is 11.1. The molecular formula is C17H17BrCl2N4O. The van der Waals surface area contributed by atoms with E-state index in [0.717, 1.165) is 19.1 Å². The molecule has 5 nitrogen and oxygen atoms in total. The molecule has 8 heteroatoms. The fourth-order valence-electron chi connectivity index (χ4n) is 2.96. The Labute approximate surface area is 164 Å². The molecule has 132 valence electrons. The molecule has 2 atom stereocenters. The van der Waals surface area contributed by atoms with Crippen molar-refractivity contribution in [3.8, 4) is 0 Å². The summed E-state index contributed by atoms with van der Waals surface area (Å²) in [6, 6.07) is 3.74. The van der Waals surface area contributed by atoms with Crippen LogP contribution in [0.1, 0.15) is 36.5 Å². The van der Waals surface area contributed by atoms with Crippen LogP contribution in [0, 0.1) is 5.92 Å². The van der Waals surface area contributed by atoms with Crippen molar-refractivity contribution in [3.05, 3.63) is 38.4 Å². The molecule has 0 saturated heterocycles. The van der Waals surface area contributed by atoms with Crippen LogP contribution in [0.5, 0.6) is 0 Å². The van der Waals surface area contributed by atoms with E-state index < -0.39 is 0 Å². The van der Waals surface area contributed by atoms with Crippen molar-refractivity contribution in [1.29, 1.82) is 0 Å². The number of anilines is 3. The summed E-state index contributed by atoms with van der Waals surface area (Å²) in [5, 5.41) is 7.37. The standard InChI is InChI=1S/C17H17BrCl2N4O/c1-9-2-3-11(4-9)22-16-14(20)7-21-17(24-16)23-12-5-10(8-25)15(18)13(19)6-12/h5-9,11H,2-4H2,1H3,(H2,21,22,23,24). The third kappa shape index (κ3) is 4.43. The number of aldehydes is 1. The van der Waals surface area contributed by atoms with Crippen molar-refractivity contribution < 1.29 is 4.79 Å². The first-order chi connectivity index (χ1) is 12.0. The van der Waals surface area contributed by atoms with Crippen molar-refractivity contribution in [2.24, 2.45) is 5.92 Å². The third-order valence-corrected chi connectivity index (χ3v) is 5.91. The second kappa shape index (κ2) is 7.89. The highest BCUT2D eigenvalue weighted by Gasteiger charge is 2.22. The molecule has 1 heterocycles. The summed E-state index contributed by atoms with van der Waals surface area (Å²) in [6.45, 7) is 2.25. The summed E-state index contributed by atoms with van der Waals surface area (Å²) in [5.41, 5.74) is 1.07. The zero-order chi connectivity index (χ0) is 18.0. The number of hydrogen-bond donors (Lipinski definition) is 2. The molecule has 0 spiro atoms. The van der Waals surface area contributed by atoms with Crippen LogP contribution in [-0.2, 0) is 0 Å². The SMILES string of the molecule is CC1CCC(Nc2nc(Nc3cc(Cl)c(Br)c(C=O)c3)ncc2Cl)C1. The van der Waals surface area contributed by atoms with Crippen molar-refractivity contribution >= 4 is 62.9 Å². The van der Waals surface area contributed by atoms with Gasteiger partial charge in [0, 0.05) is 21.8 Å². The van der Waals surface area contributed by atoms with Gasteiger partial charge in [-0.1, -0.05) is 30.1 Å². The van der Waals surface area contributed by atoms with E-state index in [2.05, 4.69) is 43.5 Å². The number of carbonyl (C=O) groups excluding carboxylic acids is 1. The molecule has 0 aliphatic heterocycles. The molecule has 2 N–H and O–H groups in total. The molecule has 2 aromatic rings. The average molecular weight is 444 g/mol. The predicted molar refractivity (Wildman–Crippen MR) is 105 cm³/mol. The van der Waals surface area contributed by atoms with Gasteiger partial charge in [0.2, 0.25) is 5.95 Å². The molecular weight excluding hydrogens is 427 g/mol. The third-order valence-electron chi connectivity index (χ3n) is 4.22. The van der Waals surface area contributed by atoms with Crippen LogP contribution in [0.2, 0.25) is 10.0 Å². The zero-order valence-electron chi connectivity index (χ0n) is 13.5. The minimum absolute atomic E-state index is 0.374. The molecule has 0 radical (unpaired) electrons. The Morgan fingerprint density at radius 1 is 1.28 bits per heavy atom. The quantitative estimate of drug-likeness (QED) is 0.580. The highest BCUT2D eigenvalue weighted by Crippen LogP contribution is 2.32. The Bertz CT molecular complexity index is 802. The Balaban J connectivity index is 1.80. The summed E-state index contributed by atoms with van der Waals surface area (Å²) in [7, 11) is 0. The Morgan fingerprint density at radius 3 is 2.76 bits per heavy atom. The van der Waals surface area contributed by atoms with Crippen LogP contribution >= 0.6 is 39.1 Å². The lowest BCUT2D eigenvalue weighted by molar-refractivity contribution is 0.112. The summed E-state index contributed by atoms with van der Waals surface area (Å²) in [4.78, 5) is 19.8. The minimum Gasteiger partial charge on any atom is -0.366 e. The Kier molecular flexibility index (Phi) is 5.81. The average Bonchev–Trinajstić information content (AvgIpc) is 2.99. The van der Waals surface area contributed by atoms with E-state index in [-0.39, 0.29) is 0 Å². The van der Waals surface area contributed by atoms with Crippen molar-refractivity contribution in [3.63, 3.8) is 0 Å². The molecule has 0 bridgehead atoms. The number of benzene rings is 1. The number of carbonyl (C=O) groups is 1. The fourth-order valence-corrected chi connectivity index (χ4v) is 3.65. The van der Waals surface area contributed by atoms with Gasteiger partial charge in [0.05, 0.1) is 11.2 Å². The normalized spacial score (nSPS) is 19.7. The molecule has 1 aliphatic rings. The summed E-state index contributed by atoms with van der Waals surface area (Å²) < 4.78 is 0.560. The second-order valence-electron chi connectivity index (χ2n) is 6.25. The largest absolute Gasteiger partial charge is 0.366 e. The highest BCUT2D eigenvalue weighted by molar-refractivity contribution is 9.10. The molecule has 1 aliphatic carbocycles. The first kappa shape index (κ1) is 18.4. The van der Waals surface area contributed by atoms with E-state index in [1.54, 1.807) is 18.3 Å². The van der Waals surface area contributed by atoms with Crippen molar-refractivity contribution in [2.45, 2.75) is 32.2 Å². The van der Waals surface area contributed by atoms with Crippen LogP contribution in [0.3, 0.4) is 0 Å². The fraction of sp³-hybridized carbons (Fsp3) is 0.353. The van der Waals surface area contributed by atoms with Gasteiger partial charge >= 0.3 is 0 Å². The maximum Gasteiger partial charge on any atom is 0.229 e. The van der Waals surface area contributed by atoms with Crippen LogP contribution in [0.15, 0.2) is 22.8 Å². The van der Waals surface area contributed by atoms with E-state index in [1.807, 2.05) is 0 Å². The van der Waals surface area contributed by atoms with Gasteiger partial charge in [-0.15, -0.1) is 0 Å². The highest BCUT2D eigenvalue weighted by atomic mass is 79.9. The van der Waals surface area contributed by atoms with Gasteiger partial charge in [-0.2, -0.15) is 4.98 Å². The smallest absolute Gasteiger partial charge is 0.229 e. The lowest BCUT2D eigenvalue weighted by atomic mass is 10.1. The summed E-state index contributed by atoms with van der Waals surface area (Å²) in [5.74, 6) is 1.70. The molecule has 2 unspecified atom stereocenters. The topological polar surface area (TPSA) is 66.9 Å². The first-order valence-corrected chi connectivity index (χ1v) is 9.51. The first-order valence-electron chi connectivity index (χ1n) is 7.96. The predicted octanol–water partition coefficient (Wildman–Crippen LogP) is 5.70.